The fourth-order valence-electron chi connectivity index (χ4n) is 3.46. The smallest absolute Gasteiger partial charge is 0.337 e. The molecule has 1 amide bonds. The van der Waals surface area contributed by atoms with Crippen molar-refractivity contribution in [2.45, 2.75) is 19.9 Å². The van der Waals surface area contributed by atoms with E-state index in [-0.39, 0.29) is 11.9 Å². The molecule has 0 bridgehead atoms. The molecule has 0 atom stereocenters. The maximum Gasteiger partial charge on any atom is 0.337 e. The molecule has 4 rings (SSSR count). The molecular weight excluding hydrogens is 330 g/mol. The van der Waals surface area contributed by atoms with Crippen molar-refractivity contribution in [2.24, 2.45) is 0 Å². The number of aromatic nitrogens is 2. The van der Waals surface area contributed by atoms with E-state index in [0.29, 0.717) is 24.3 Å². The molecule has 0 fully saturated rings. The van der Waals surface area contributed by atoms with E-state index in [2.05, 4.69) is 9.97 Å². The summed E-state index contributed by atoms with van der Waals surface area (Å²) in [4.78, 5) is 34.2. The predicted molar refractivity (Wildman–Crippen MR) is 97.1 cm³/mol. The van der Waals surface area contributed by atoms with Gasteiger partial charge in [0.15, 0.2) is 0 Å². The van der Waals surface area contributed by atoms with E-state index >= 15 is 0 Å². The number of esters is 1. The number of H-pyrrole nitrogens is 1. The Morgan fingerprint density at radius 2 is 2.08 bits per heavy atom. The van der Waals surface area contributed by atoms with Crippen molar-refractivity contribution in [1.82, 2.24) is 14.9 Å². The molecule has 0 radical (unpaired) electrons. The number of hydrogen-bond acceptors (Lipinski definition) is 4. The lowest BCUT2D eigenvalue weighted by molar-refractivity contribution is 0.0600. The van der Waals surface area contributed by atoms with E-state index in [9.17, 15) is 9.59 Å². The second-order valence-electron chi connectivity index (χ2n) is 6.47. The molecule has 0 unspecified atom stereocenters. The van der Waals surface area contributed by atoms with Gasteiger partial charge in [0, 0.05) is 47.4 Å². The Morgan fingerprint density at radius 3 is 2.85 bits per heavy atom. The molecule has 0 saturated heterocycles. The van der Waals surface area contributed by atoms with E-state index in [1.54, 1.807) is 12.1 Å². The van der Waals surface area contributed by atoms with Gasteiger partial charge < -0.3 is 14.6 Å². The number of ether oxygens (including phenoxy) is 1. The number of nitrogens with one attached hydrogen (secondary N) is 1. The van der Waals surface area contributed by atoms with E-state index in [1.165, 1.54) is 7.11 Å². The zero-order valence-electron chi connectivity index (χ0n) is 14.7. The quantitative estimate of drug-likeness (QED) is 0.722. The van der Waals surface area contributed by atoms with E-state index < -0.39 is 0 Å². The molecule has 26 heavy (non-hydrogen) atoms. The minimum absolute atomic E-state index is 0.0715. The molecule has 2 aromatic heterocycles. The number of amides is 1. The second kappa shape index (κ2) is 6.29. The zero-order chi connectivity index (χ0) is 18.3. The number of pyridine rings is 1. The standard InChI is InChI=1S/C20H19N3O3/c1-12-4-3-5-18(21-12)19(24)23-9-8-17-15(11-23)14-10-13(20(25)26-2)6-7-16(14)22-17/h3-7,10,22H,8-9,11H2,1-2H3. The van der Waals surface area contributed by atoms with Gasteiger partial charge in [0.05, 0.1) is 12.7 Å². The van der Waals surface area contributed by atoms with Crippen LogP contribution in [0.25, 0.3) is 10.9 Å². The van der Waals surface area contributed by atoms with Crippen LogP contribution in [0.1, 0.15) is 37.8 Å². The van der Waals surface area contributed by atoms with Crippen LogP contribution in [-0.2, 0) is 17.7 Å². The summed E-state index contributed by atoms with van der Waals surface area (Å²) < 4.78 is 4.81. The Kier molecular flexibility index (Phi) is 3.95. The monoisotopic (exact) mass is 349 g/mol. The van der Waals surface area contributed by atoms with Gasteiger partial charge in [-0.05, 0) is 37.3 Å². The molecule has 3 aromatic rings. The van der Waals surface area contributed by atoms with Crippen molar-refractivity contribution in [3.8, 4) is 0 Å². The van der Waals surface area contributed by atoms with Crippen LogP contribution in [0.2, 0.25) is 0 Å². The highest BCUT2D eigenvalue weighted by molar-refractivity contribution is 5.97. The number of carbonyl (C=O) groups excluding carboxylic acids is 2. The second-order valence-corrected chi connectivity index (χ2v) is 6.47. The largest absolute Gasteiger partial charge is 0.465 e. The van der Waals surface area contributed by atoms with Crippen molar-refractivity contribution >= 4 is 22.8 Å². The zero-order valence-corrected chi connectivity index (χ0v) is 14.7. The van der Waals surface area contributed by atoms with Crippen molar-refractivity contribution < 1.29 is 14.3 Å². The average molecular weight is 349 g/mol. The van der Waals surface area contributed by atoms with Gasteiger partial charge in [0.1, 0.15) is 5.69 Å². The van der Waals surface area contributed by atoms with E-state index in [4.69, 9.17) is 4.74 Å². The number of carbonyl (C=O) groups is 2. The molecule has 0 spiro atoms. The summed E-state index contributed by atoms with van der Waals surface area (Å²) >= 11 is 0. The molecule has 1 N–H and O–H groups in total. The first kappa shape index (κ1) is 16.3. The Labute approximate surface area is 150 Å². The van der Waals surface area contributed by atoms with Crippen molar-refractivity contribution in [1.29, 1.82) is 0 Å². The third-order valence-electron chi connectivity index (χ3n) is 4.79. The molecule has 3 heterocycles. The minimum atomic E-state index is -0.366. The van der Waals surface area contributed by atoms with Crippen molar-refractivity contribution in [2.75, 3.05) is 13.7 Å². The topological polar surface area (TPSA) is 75.3 Å². The number of aryl methyl sites for hydroxylation is 1. The lowest BCUT2D eigenvalue weighted by Crippen LogP contribution is -2.36. The van der Waals surface area contributed by atoms with Crippen LogP contribution in [0.4, 0.5) is 0 Å². The summed E-state index contributed by atoms with van der Waals surface area (Å²) in [7, 11) is 1.37. The van der Waals surface area contributed by atoms with Gasteiger partial charge in [-0.2, -0.15) is 0 Å². The molecule has 0 aliphatic carbocycles. The molecular formula is C20H19N3O3. The van der Waals surface area contributed by atoms with Crippen molar-refractivity contribution in [3.63, 3.8) is 0 Å². The molecule has 132 valence electrons. The highest BCUT2D eigenvalue weighted by Gasteiger charge is 2.26. The summed E-state index contributed by atoms with van der Waals surface area (Å²) in [5.41, 5.74) is 4.92. The molecule has 1 aliphatic rings. The highest BCUT2D eigenvalue weighted by atomic mass is 16.5. The molecule has 1 aliphatic heterocycles. The lowest BCUT2D eigenvalue weighted by Gasteiger charge is -2.27. The number of nitrogens with zero attached hydrogens (tertiary/aromatic N) is 2. The van der Waals surface area contributed by atoms with Gasteiger partial charge in [0.2, 0.25) is 0 Å². The number of methoxy groups -OCH3 is 1. The average Bonchev–Trinajstić information content (AvgIpc) is 3.03. The van der Waals surface area contributed by atoms with Crippen LogP contribution in [0.15, 0.2) is 36.4 Å². The highest BCUT2D eigenvalue weighted by Crippen LogP contribution is 2.29. The Hall–Kier alpha value is -3.15. The van der Waals surface area contributed by atoms with Gasteiger partial charge in [0.25, 0.3) is 5.91 Å². The number of rotatable bonds is 2. The third-order valence-corrected chi connectivity index (χ3v) is 4.79. The van der Waals surface area contributed by atoms with Gasteiger partial charge in [-0.15, -0.1) is 0 Å². The third kappa shape index (κ3) is 2.73. The first-order valence-electron chi connectivity index (χ1n) is 8.51. The van der Waals surface area contributed by atoms with Crippen LogP contribution >= 0.6 is 0 Å². The lowest BCUT2D eigenvalue weighted by atomic mass is 10.0. The Bertz CT molecular complexity index is 1020. The summed E-state index contributed by atoms with van der Waals surface area (Å²) in [6, 6.07) is 10.9. The number of hydrogen-bond donors (Lipinski definition) is 1. The molecule has 0 saturated carbocycles. The van der Waals surface area contributed by atoms with Gasteiger partial charge >= 0.3 is 5.97 Å². The normalized spacial score (nSPS) is 13.5. The van der Waals surface area contributed by atoms with Crippen LogP contribution in [0.3, 0.4) is 0 Å². The van der Waals surface area contributed by atoms with Crippen LogP contribution in [-0.4, -0.2) is 40.4 Å². The predicted octanol–water partition coefficient (Wildman–Crippen LogP) is 2.86. The molecule has 6 nitrogen and oxygen atoms in total. The number of benzene rings is 1. The fraction of sp³-hybridized carbons (Fsp3) is 0.250. The Balaban J connectivity index is 1.69. The number of aromatic amines is 1. The number of fused-ring (bicyclic) bond motifs is 3. The first-order chi connectivity index (χ1) is 12.6. The van der Waals surface area contributed by atoms with Gasteiger partial charge in [-0.3, -0.25) is 4.79 Å². The SMILES string of the molecule is COC(=O)c1ccc2[nH]c3c(c2c1)CN(C(=O)c1cccc(C)n1)CC3. The molecule has 6 heteroatoms. The minimum Gasteiger partial charge on any atom is -0.465 e. The summed E-state index contributed by atoms with van der Waals surface area (Å²) in [5.74, 6) is -0.438. The van der Waals surface area contributed by atoms with Gasteiger partial charge in [-0.25, -0.2) is 9.78 Å². The summed E-state index contributed by atoms with van der Waals surface area (Å²) in [6.07, 6.45) is 0.745. The van der Waals surface area contributed by atoms with Crippen LogP contribution in [0, 0.1) is 6.92 Å². The molecule has 1 aromatic carbocycles. The van der Waals surface area contributed by atoms with Crippen LogP contribution in [0.5, 0.6) is 0 Å². The van der Waals surface area contributed by atoms with Crippen molar-refractivity contribution in [3.05, 3.63) is 64.6 Å². The van der Waals surface area contributed by atoms with Gasteiger partial charge in [-0.1, -0.05) is 6.07 Å². The van der Waals surface area contributed by atoms with E-state index in [1.807, 2.05) is 36.1 Å². The maximum absolute atomic E-state index is 12.8. The fourth-order valence-corrected chi connectivity index (χ4v) is 3.46. The van der Waals surface area contributed by atoms with Crippen LogP contribution < -0.4 is 0 Å². The Morgan fingerprint density at radius 1 is 1.23 bits per heavy atom. The summed E-state index contributed by atoms with van der Waals surface area (Å²) in [6.45, 7) is 3.01. The first-order valence-corrected chi connectivity index (χ1v) is 8.51. The maximum atomic E-state index is 12.8. The van der Waals surface area contributed by atoms with E-state index in [0.717, 1.165) is 34.3 Å². The summed E-state index contributed by atoms with van der Waals surface area (Å²) in [5, 5.41) is 0.956.